The topological polar surface area (TPSA) is 232 Å². The zero-order valence-electron chi connectivity index (χ0n) is 43.0. The lowest BCUT2D eigenvalue weighted by Crippen LogP contribution is -2.28. The largest absolute Gasteiger partial charge is 0.574 e. The van der Waals surface area contributed by atoms with Crippen LogP contribution < -0.4 is 30.7 Å². The van der Waals surface area contributed by atoms with Crippen LogP contribution in [-0.2, 0) is 62.2 Å². The molecule has 30 heteroatoms. The second kappa shape index (κ2) is 22.0. The second-order valence-electron chi connectivity index (χ2n) is 21.2. The maximum Gasteiger partial charge on any atom is 0.574 e. The van der Waals surface area contributed by atoms with Crippen LogP contribution in [-0.4, -0.2) is 110 Å². The van der Waals surface area contributed by atoms with Crippen LogP contribution in [0.5, 0.6) is 11.8 Å². The fraction of sp³-hybridized carbons (Fsp3) is 0.560. The van der Waals surface area contributed by atoms with Gasteiger partial charge in [-0.3, -0.25) is 28.3 Å². The third-order valence-corrected chi connectivity index (χ3v) is 17.7. The first kappa shape index (κ1) is 55.3. The summed E-state index contributed by atoms with van der Waals surface area (Å²) in [5, 5.41) is 35.9. The van der Waals surface area contributed by atoms with Crippen LogP contribution >= 0.6 is 34.3 Å². The molecule has 6 aliphatic carbocycles. The SMILES string of the molecule is Cn1nc(OC(F)(F)Cl)cc1Nc1nncn1[C@H]1CCc2sc(CC(=O)[C@H]3C[C@H]3F)c(C(=O)NCC3CC3)c2C1.Cn1nc(OC(F)(F)F)cc1Nc1nncn1[C@H]1CCc2sc(CC(=O)[C@H]3C[C@H]3F)c(C(=O)NCC3CC3)c2C1. The van der Waals surface area contributed by atoms with Crippen molar-refractivity contribution >= 4 is 81.2 Å². The molecule has 80 heavy (non-hydrogen) atoms. The molecule has 0 aromatic carbocycles. The number of rotatable bonds is 21. The lowest BCUT2D eigenvalue weighted by atomic mass is 9.90. The fourth-order valence-corrected chi connectivity index (χ4v) is 13.0. The molecule has 2 amide bonds. The lowest BCUT2D eigenvalue weighted by molar-refractivity contribution is -0.276. The first-order chi connectivity index (χ1) is 38.1. The Morgan fingerprint density at radius 2 is 1.07 bits per heavy atom. The molecule has 20 nitrogen and oxygen atoms in total. The van der Waals surface area contributed by atoms with Gasteiger partial charge >= 0.3 is 11.9 Å². The van der Waals surface area contributed by atoms with Gasteiger partial charge in [-0.2, -0.15) is 0 Å². The predicted molar refractivity (Wildman–Crippen MR) is 275 cm³/mol. The lowest BCUT2D eigenvalue weighted by Gasteiger charge is -2.25. The summed E-state index contributed by atoms with van der Waals surface area (Å²) in [7, 11) is 3.01. The highest BCUT2D eigenvalue weighted by atomic mass is 35.5. The van der Waals surface area contributed by atoms with E-state index in [9.17, 15) is 49.9 Å². The molecule has 6 aromatic heterocycles. The number of anilines is 4. The Morgan fingerprint density at radius 3 is 1.45 bits per heavy atom. The van der Waals surface area contributed by atoms with Crippen LogP contribution in [0.3, 0.4) is 0 Å². The van der Waals surface area contributed by atoms with Gasteiger partial charge in [-0.1, -0.05) is 0 Å². The number of carbonyl (C=O) groups is 4. The third-order valence-electron chi connectivity index (χ3n) is 15.1. The van der Waals surface area contributed by atoms with Gasteiger partial charge in [0.15, 0.2) is 0 Å². The minimum Gasteiger partial charge on any atom is -0.400 e. The van der Waals surface area contributed by atoms with Gasteiger partial charge in [0.2, 0.25) is 23.7 Å². The Hall–Kier alpha value is -6.62. The number of Topliss-reactive ketones (excluding diaryl/α,β-unsaturated/α-hetero) is 2. The van der Waals surface area contributed by atoms with E-state index < -0.39 is 42.0 Å². The number of fused-ring (bicyclic) bond motifs is 2. The van der Waals surface area contributed by atoms with Gasteiger partial charge < -0.3 is 30.7 Å². The standard InChI is InChI=1S/C25H27ClF3N7O3S.C25H27F4N7O3S/c1-35-20(9-21(34-35)39-25(26,28)29)32-24-33-31-11-36(24)13-4-5-18-15(6-13)22(23(38)30-10-12-2-3-12)19(40-18)8-17(37)14-7-16(14)27;1-35-20(9-21(34-35)39-25(27,28)29)32-24-33-31-11-36(24)13-4-5-18-15(6-13)22(23(38)30-10-12-2-3-12)19(40-18)8-17(37)14-7-16(14)26/h2*9,11-14,16H,2-8,10H2,1H3,(H,30,38)(H,32,33)/t2*13-,14-,16+/m00/s1. The van der Waals surface area contributed by atoms with E-state index in [1.807, 2.05) is 4.57 Å². The number of ketones is 2. The molecule has 4 fully saturated rings. The fourth-order valence-electron chi connectivity index (χ4n) is 10.2. The van der Waals surface area contributed by atoms with Crippen LogP contribution in [0.15, 0.2) is 24.8 Å². The van der Waals surface area contributed by atoms with Gasteiger partial charge in [0.1, 0.15) is 48.2 Å². The average molecular weight is 1180 g/mol. The highest BCUT2D eigenvalue weighted by Gasteiger charge is 2.45. The number of nitrogens with zero attached hydrogens (tertiary/aromatic N) is 10. The van der Waals surface area contributed by atoms with Crippen LogP contribution in [0.1, 0.15) is 115 Å². The summed E-state index contributed by atoms with van der Waals surface area (Å²) in [4.78, 5) is 55.5. The van der Waals surface area contributed by atoms with Crippen molar-refractivity contribution < 1.29 is 59.4 Å². The molecule has 6 atom stereocenters. The van der Waals surface area contributed by atoms with Gasteiger partial charge in [-0.15, -0.1) is 75.2 Å². The third kappa shape index (κ3) is 12.9. The molecule has 0 spiro atoms. The van der Waals surface area contributed by atoms with Crippen molar-refractivity contribution in [2.75, 3.05) is 23.7 Å². The number of aromatic nitrogens is 10. The molecule has 0 unspecified atom stereocenters. The molecular weight excluding hydrogens is 1130 g/mol. The van der Waals surface area contributed by atoms with E-state index in [0.717, 1.165) is 59.1 Å². The molecule has 0 bridgehead atoms. The molecule has 6 heterocycles. The Morgan fingerprint density at radius 1 is 0.662 bits per heavy atom. The van der Waals surface area contributed by atoms with E-state index in [1.54, 1.807) is 17.9 Å². The molecule has 0 aliphatic heterocycles. The van der Waals surface area contributed by atoms with E-state index in [0.29, 0.717) is 95.6 Å². The van der Waals surface area contributed by atoms with Crippen LogP contribution in [0.25, 0.3) is 0 Å². The summed E-state index contributed by atoms with van der Waals surface area (Å²) in [5.41, 5.74) is -1.09. The average Bonchev–Trinajstić information content (AvgIpc) is 4.40. The number of hydrogen-bond donors (Lipinski definition) is 4. The number of nitrogens with one attached hydrogen (secondary N) is 4. The summed E-state index contributed by atoms with van der Waals surface area (Å²) >= 11 is 7.78. The Labute approximate surface area is 464 Å². The van der Waals surface area contributed by atoms with Gasteiger partial charge in [0.25, 0.3) is 11.8 Å². The first-order valence-electron chi connectivity index (χ1n) is 26.2. The van der Waals surface area contributed by atoms with Gasteiger partial charge in [-0.25, -0.2) is 18.1 Å². The summed E-state index contributed by atoms with van der Waals surface area (Å²) in [5.74, 6) is -0.690. The maximum atomic E-state index is 13.6. The van der Waals surface area contributed by atoms with Crippen LogP contribution in [0.4, 0.5) is 54.3 Å². The predicted octanol–water partition coefficient (Wildman–Crippen LogP) is 8.38. The molecule has 0 saturated heterocycles. The van der Waals surface area contributed by atoms with E-state index in [1.165, 1.54) is 51.5 Å². The van der Waals surface area contributed by atoms with Crippen LogP contribution in [0.2, 0.25) is 0 Å². The Balaban J connectivity index is 0.000000169. The van der Waals surface area contributed by atoms with Crippen molar-refractivity contribution in [3.63, 3.8) is 0 Å². The second-order valence-corrected chi connectivity index (χ2v) is 24.0. The molecule has 6 aliphatic rings. The minimum atomic E-state index is -4.87. The summed E-state index contributed by atoms with van der Waals surface area (Å²) in [6, 6.07) is 2.10. The van der Waals surface area contributed by atoms with Gasteiger partial charge in [0.05, 0.1) is 23.0 Å². The molecule has 12 rings (SSSR count). The molecule has 428 valence electrons. The van der Waals surface area contributed by atoms with E-state index in [2.05, 4.69) is 61.3 Å². The van der Waals surface area contributed by atoms with Crippen LogP contribution in [0, 0.1) is 23.7 Å². The van der Waals surface area contributed by atoms with E-state index >= 15 is 0 Å². The molecular formula is C50H54ClF7N14O6S2. The number of aryl methyl sites for hydroxylation is 4. The number of halogens is 8. The molecule has 4 saturated carbocycles. The molecule has 4 N–H and O–H groups in total. The Bertz CT molecular complexity index is 3110. The number of thiophene rings is 2. The smallest absolute Gasteiger partial charge is 0.400 e. The number of carbonyl (C=O) groups excluding carboxylic acids is 4. The zero-order chi connectivity index (χ0) is 56.4. The highest BCUT2D eigenvalue weighted by Crippen LogP contribution is 2.44. The number of alkyl halides is 8. The Kier molecular flexibility index (Phi) is 15.2. The van der Waals surface area contributed by atoms with E-state index in [4.69, 9.17) is 11.6 Å². The van der Waals surface area contributed by atoms with Crippen molar-refractivity contribution in [3.05, 3.63) is 66.5 Å². The van der Waals surface area contributed by atoms with Crippen molar-refractivity contribution in [3.8, 4) is 11.8 Å². The van der Waals surface area contributed by atoms with Gasteiger partial charge in [0, 0.05) is 95.4 Å². The quantitative estimate of drug-likeness (QED) is 0.0392. The number of hydrogen-bond acceptors (Lipinski definition) is 16. The molecule has 0 radical (unpaired) electrons. The van der Waals surface area contributed by atoms with Crippen molar-refractivity contribution in [1.29, 1.82) is 0 Å². The van der Waals surface area contributed by atoms with Crippen molar-refractivity contribution in [2.24, 2.45) is 37.8 Å². The number of amides is 2. The highest BCUT2D eigenvalue weighted by molar-refractivity contribution is 7.13. The van der Waals surface area contributed by atoms with E-state index in [-0.39, 0.29) is 72.8 Å². The zero-order valence-corrected chi connectivity index (χ0v) is 45.4. The number of ether oxygens (including phenoxy) is 2. The maximum absolute atomic E-state index is 13.6. The normalized spacial score (nSPS) is 22.1. The summed E-state index contributed by atoms with van der Waals surface area (Å²) < 4.78 is 105. The molecule has 6 aromatic rings. The van der Waals surface area contributed by atoms with Crippen molar-refractivity contribution in [1.82, 2.24) is 59.7 Å². The minimum absolute atomic E-state index is 0.0435. The summed E-state index contributed by atoms with van der Waals surface area (Å²) in [6.45, 7) is 1.18. The first-order valence-corrected chi connectivity index (χ1v) is 28.2. The summed E-state index contributed by atoms with van der Waals surface area (Å²) in [6.07, 6.45) is 4.77. The van der Waals surface area contributed by atoms with Gasteiger partial charge in [-0.05, 0) is 100 Å². The van der Waals surface area contributed by atoms with Crippen molar-refractivity contribution in [2.45, 2.75) is 126 Å². The monoisotopic (exact) mass is 1180 g/mol.